The molecule has 0 aliphatic heterocycles. The topological polar surface area (TPSA) is 108 Å². The highest BCUT2D eigenvalue weighted by molar-refractivity contribution is 5.94. The third kappa shape index (κ3) is 4.89. The van der Waals surface area contributed by atoms with Gasteiger partial charge in [-0.15, -0.1) is 0 Å². The molecule has 3 heterocycles. The lowest BCUT2D eigenvalue weighted by Gasteiger charge is -2.15. The number of ether oxygens (including phenoxy) is 1. The monoisotopic (exact) mass is 484 g/mol. The molecule has 0 spiro atoms. The molecule has 0 aliphatic carbocycles. The highest BCUT2D eigenvalue weighted by atomic mass is 19.1. The highest BCUT2D eigenvalue weighted by Gasteiger charge is 2.21. The molecule has 5 aromatic rings. The first kappa shape index (κ1) is 23.1. The zero-order valence-electron chi connectivity index (χ0n) is 19.2. The quantitative estimate of drug-likeness (QED) is 0.345. The maximum atomic E-state index is 14.3. The van der Waals surface area contributed by atoms with Crippen LogP contribution in [0.5, 0.6) is 0 Å². The minimum Gasteiger partial charge on any atom is -0.367 e. The number of amides is 1. The molecule has 0 saturated heterocycles. The summed E-state index contributed by atoms with van der Waals surface area (Å²) in [7, 11) is 1.47. The molecule has 0 radical (unpaired) electrons. The minimum atomic E-state index is -0.802. The molecule has 0 unspecified atom stereocenters. The molecule has 10 heteroatoms. The van der Waals surface area contributed by atoms with Gasteiger partial charge in [-0.1, -0.05) is 53.7 Å². The summed E-state index contributed by atoms with van der Waals surface area (Å²) < 4.78 is 26.3. The number of hydrogen-bond acceptors (Lipinski definition) is 7. The third-order valence-electron chi connectivity index (χ3n) is 5.47. The molecule has 9 nitrogen and oxygen atoms in total. The number of hydrogen-bond donors (Lipinski definition) is 1. The molecule has 1 amide bonds. The Morgan fingerprint density at radius 1 is 1.08 bits per heavy atom. The van der Waals surface area contributed by atoms with Crippen molar-refractivity contribution in [2.75, 3.05) is 12.4 Å². The van der Waals surface area contributed by atoms with Crippen molar-refractivity contribution >= 4 is 11.7 Å². The number of methoxy groups -OCH3 is 1. The second-order valence-electron chi connectivity index (χ2n) is 7.83. The fraction of sp³-hybridized carbons (Fsp3) is 0.115. The number of rotatable bonds is 8. The summed E-state index contributed by atoms with van der Waals surface area (Å²) in [5.41, 5.74) is 2.73. The van der Waals surface area contributed by atoms with Crippen molar-refractivity contribution in [3.05, 3.63) is 102 Å². The predicted molar refractivity (Wildman–Crippen MR) is 129 cm³/mol. The SMILES string of the molecule is CO[C@H](C(=O)Nc1ccnc(-c2cc(-c3ccon3)n(Cc3ccccc3F)n2)n1)c1ccccc1. The Morgan fingerprint density at radius 2 is 1.89 bits per heavy atom. The largest absolute Gasteiger partial charge is 0.367 e. The molecule has 1 N–H and O–H groups in total. The van der Waals surface area contributed by atoms with Crippen LogP contribution < -0.4 is 5.32 Å². The van der Waals surface area contributed by atoms with Crippen molar-refractivity contribution in [1.29, 1.82) is 0 Å². The third-order valence-corrected chi connectivity index (χ3v) is 5.47. The number of nitrogens with zero attached hydrogens (tertiary/aromatic N) is 5. The standard InChI is InChI=1S/C26H21FN6O3/c1-35-24(17-7-3-2-4-8-17)26(34)30-23-11-13-28-25(29-23)21-15-22(20-12-14-36-32-20)33(31-21)16-18-9-5-6-10-19(18)27/h2-15,24H,16H2,1H3,(H,28,29,30,34)/t24-/m0/s1. The maximum absolute atomic E-state index is 14.3. The van der Waals surface area contributed by atoms with Crippen LogP contribution in [0, 0.1) is 5.82 Å². The Labute approximate surface area is 205 Å². The molecular weight excluding hydrogens is 463 g/mol. The number of carbonyl (C=O) groups excluding carboxylic acids is 1. The maximum Gasteiger partial charge on any atom is 0.259 e. The van der Waals surface area contributed by atoms with Crippen LogP contribution in [0.15, 0.2) is 89.8 Å². The van der Waals surface area contributed by atoms with Gasteiger partial charge in [0.15, 0.2) is 11.9 Å². The molecule has 180 valence electrons. The molecular formula is C26H21FN6O3. The molecule has 36 heavy (non-hydrogen) atoms. The molecule has 0 bridgehead atoms. The number of halogens is 1. The van der Waals surface area contributed by atoms with E-state index in [0.29, 0.717) is 22.6 Å². The fourth-order valence-corrected chi connectivity index (χ4v) is 3.75. The zero-order valence-corrected chi connectivity index (χ0v) is 19.2. The first-order valence-corrected chi connectivity index (χ1v) is 11.1. The van der Waals surface area contributed by atoms with E-state index in [1.165, 1.54) is 25.6 Å². The average molecular weight is 484 g/mol. The van der Waals surface area contributed by atoms with E-state index in [-0.39, 0.29) is 29.9 Å². The van der Waals surface area contributed by atoms with Gasteiger partial charge >= 0.3 is 0 Å². The Bertz CT molecular complexity index is 1470. The van der Waals surface area contributed by atoms with Crippen molar-refractivity contribution in [2.24, 2.45) is 0 Å². The molecule has 1 atom stereocenters. The normalized spacial score (nSPS) is 11.8. The van der Waals surface area contributed by atoms with Gasteiger partial charge in [-0.05, 0) is 23.8 Å². The van der Waals surface area contributed by atoms with Gasteiger partial charge in [0.25, 0.3) is 5.91 Å². The molecule has 3 aromatic heterocycles. The van der Waals surface area contributed by atoms with E-state index in [9.17, 15) is 9.18 Å². The number of anilines is 1. The van der Waals surface area contributed by atoms with Gasteiger partial charge in [0.2, 0.25) is 0 Å². The molecule has 0 fully saturated rings. The van der Waals surface area contributed by atoms with E-state index in [4.69, 9.17) is 9.26 Å². The van der Waals surface area contributed by atoms with Crippen LogP contribution in [0.3, 0.4) is 0 Å². The van der Waals surface area contributed by atoms with E-state index in [0.717, 1.165) is 5.56 Å². The van der Waals surface area contributed by atoms with Crippen molar-refractivity contribution in [2.45, 2.75) is 12.6 Å². The molecule has 2 aromatic carbocycles. The van der Waals surface area contributed by atoms with Gasteiger partial charge in [-0.3, -0.25) is 9.48 Å². The summed E-state index contributed by atoms with van der Waals surface area (Å²) >= 11 is 0. The summed E-state index contributed by atoms with van der Waals surface area (Å²) in [6.45, 7) is 0.165. The van der Waals surface area contributed by atoms with E-state index >= 15 is 0 Å². The molecule has 5 rings (SSSR count). The zero-order chi connectivity index (χ0) is 24.9. The lowest BCUT2D eigenvalue weighted by Crippen LogP contribution is -2.23. The van der Waals surface area contributed by atoms with Crippen molar-refractivity contribution in [3.63, 3.8) is 0 Å². The van der Waals surface area contributed by atoms with E-state index in [2.05, 4.69) is 25.5 Å². The van der Waals surface area contributed by atoms with Crippen LogP contribution in [-0.2, 0) is 16.1 Å². The lowest BCUT2D eigenvalue weighted by molar-refractivity contribution is -0.126. The minimum absolute atomic E-state index is 0.165. The van der Waals surface area contributed by atoms with Crippen LogP contribution in [0.4, 0.5) is 10.2 Å². The van der Waals surface area contributed by atoms with Gasteiger partial charge in [0, 0.05) is 24.9 Å². The number of aromatic nitrogens is 5. The number of carbonyl (C=O) groups is 1. The Balaban J connectivity index is 1.44. The van der Waals surface area contributed by atoms with E-state index in [1.54, 1.807) is 41.1 Å². The molecule has 0 aliphatic rings. The average Bonchev–Trinajstić information content (AvgIpc) is 3.57. The summed E-state index contributed by atoms with van der Waals surface area (Å²) in [6.07, 6.45) is 2.16. The van der Waals surface area contributed by atoms with E-state index in [1.807, 2.05) is 30.3 Å². The first-order chi connectivity index (χ1) is 17.6. The Kier molecular flexibility index (Phi) is 6.59. The van der Waals surface area contributed by atoms with E-state index < -0.39 is 6.10 Å². The van der Waals surface area contributed by atoms with Crippen molar-refractivity contribution < 1.29 is 18.4 Å². The summed E-state index contributed by atoms with van der Waals surface area (Å²) in [5, 5.41) is 11.4. The predicted octanol–water partition coefficient (Wildman–Crippen LogP) is 4.51. The fourth-order valence-electron chi connectivity index (χ4n) is 3.75. The van der Waals surface area contributed by atoms with Crippen LogP contribution in [0.2, 0.25) is 0 Å². The van der Waals surface area contributed by atoms with Crippen molar-refractivity contribution in [1.82, 2.24) is 24.9 Å². The van der Waals surface area contributed by atoms with Crippen LogP contribution >= 0.6 is 0 Å². The Hall–Kier alpha value is -4.70. The summed E-state index contributed by atoms with van der Waals surface area (Å²) in [4.78, 5) is 21.6. The molecule has 0 saturated carbocycles. The van der Waals surface area contributed by atoms with Crippen LogP contribution in [0.25, 0.3) is 22.9 Å². The number of benzene rings is 2. The highest BCUT2D eigenvalue weighted by Crippen LogP contribution is 2.26. The second-order valence-corrected chi connectivity index (χ2v) is 7.83. The summed E-state index contributed by atoms with van der Waals surface area (Å²) in [5.74, 6) is -0.150. The second kappa shape index (κ2) is 10.3. The van der Waals surface area contributed by atoms with Gasteiger partial charge < -0.3 is 14.6 Å². The van der Waals surface area contributed by atoms with Gasteiger partial charge in [-0.25, -0.2) is 14.4 Å². The van der Waals surface area contributed by atoms with Crippen LogP contribution in [-0.4, -0.2) is 37.9 Å². The van der Waals surface area contributed by atoms with Gasteiger partial charge in [-0.2, -0.15) is 5.10 Å². The smallest absolute Gasteiger partial charge is 0.259 e. The van der Waals surface area contributed by atoms with Gasteiger partial charge in [0.1, 0.15) is 29.3 Å². The number of nitrogens with one attached hydrogen (secondary N) is 1. The van der Waals surface area contributed by atoms with Gasteiger partial charge in [0.05, 0.1) is 12.2 Å². The first-order valence-electron chi connectivity index (χ1n) is 11.1. The van der Waals surface area contributed by atoms with Crippen molar-refractivity contribution in [3.8, 4) is 22.9 Å². The van der Waals surface area contributed by atoms with Crippen LogP contribution in [0.1, 0.15) is 17.2 Å². The Morgan fingerprint density at radius 3 is 2.64 bits per heavy atom. The summed E-state index contributed by atoms with van der Waals surface area (Å²) in [6, 6.07) is 20.6. The lowest BCUT2D eigenvalue weighted by atomic mass is 10.1.